The molecule has 4 rings (SSSR count). The summed E-state index contributed by atoms with van der Waals surface area (Å²) in [5.74, 6) is 1.91. The summed E-state index contributed by atoms with van der Waals surface area (Å²) in [6, 6.07) is 16.4. The minimum Gasteiger partial charge on any atom is -0.497 e. The molecule has 130 valence electrons. The van der Waals surface area contributed by atoms with Gasteiger partial charge in [-0.05, 0) is 43.3 Å². The van der Waals surface area contributed by atoms with E-state index in [0.717, 1.165) is 54.5 Å². The van der Waals surface area contributed by atoms with Gasteiger partial charge in [0, 0.05) is 18.8 Å². The van der Waals surface area contributed by atoms with Gasteiger partial charge in [-0.3, -0.25) is 9.47 Å². The van der Waals surface area contributed by atoms with Crippen LogP contribution in [0.2, 0.25) is 0 Å². The van der Waals surface area contributed by atoms with Gasteiger partial charge in [0.15, 0.2) is 0 Å². The van der Waals surface area contributed by atoms with E-state index in [1.807, 2.05) is 18.2 Å². The van der Waals surface area contributed by atoms with Crippen LogP contribution in [0.4, 0.5) is 0 Å². The summed E-state index contributed by atoms with van der Waals surface area (Å²) in [4.78, 5) is 7.31. The molecular weight excluding hydrogens is 314 g/mol. The lowest BCUT2D eigenvalue weighted by atomic mass is 10.2. The van der Waals surface area contributed by atoms with E-state index in [1.165, 1.54) is 0 Å². The highest BCUT2D eigenvalue weighted by molar-refractivity contribution is 5.78. The summed E-state index contributed by atoms with van der Waals surface area (Å²) in [7, 11) is 1.69. The third-order valence-electron chi connectivity index (χ3n) is 4.65. The Morgan fingerprint density at radius 1 is 1.16 bits per heavy atom. The Morgan fingerprint density at radius 2 is 1.96 bits per heavy atom. The second kappa shape index (κ2) is 6.86. The summed E-state index contributed by atoms with van der Waals surface area (Å²) >= 11 is 0. The topological polar surface area (TPSA) is 39.5 Å². The highest BCUT2D eigenvalue weighted by Gasteiger charge is 2.20. The molecule has 0 radical (unpaired) electrons. The van der Waals surface area contributed by atoms with Crippen LogP contribution in [0.1, 0.15) is 12.7 Å². The summed E-state index contributed by atoms with van der Waals surface area (Å²) < 4.78 is 13.2. The minimum atomic E-state index is 0.271. The van der Waals surface area contributed by atoms with Crippen LogP contribution in [-0.4, -0.2) is 47.4 Å². The minimum absolute atomic E-state index is 0.271. The Hall–Kier alpha value is -2.37. The number of para-hydroxylation sites is 2. The molecule has 0 spiro atoms. The standard InChI is InChI=1S/C20H23N3O2/c1-15-13-22(11-12-25-15)14-20-21-18-5-3-4-6-19(18)23(20)16-7-9-17(24-2)10-8-16/h3-10,15H,11-14H2,1-2H3. The molecule has 1 aromatic heterocycles. The zero-order chi connectivity index (χ0) is 17.2. The number of aromatic nitrogens is 2. The van der Waals surface area contributed by atoms with Gasteiger partial charge in [0.25, 0.3) is 0 Å². The number of hydrogen-bond acceptors (Lipinski definition) is 4. The highest BCUT2D eigenvalue weighted by Crippen LogP contribution is 2.24. The monoisotopic (exact) mass is 337 g/mol. The number of nitrogens with zero attached hydrogens (tertiary/aromatic N) is 3. The predicted molar refractivity (Wildman–Crippen MR) is 98.3 cm³/mol. The predicted octanol–water partition coefficient (Wildman–Crippen LogP) is 3.25. The molecule has 0 saturated carbocycles. The first-order chi connectivity index (χ1) is 12.2. The number of methoxy groups -OCH3 is 1. The maximum Gasteiger partial charge on any atom is 0.128 e. The largest absolute Gasteiger partial charge is 0.497 e. The zero-order valence-corrected chi connectivity index (χ0v) is 14.7. The highest BCUT2D eigenvalue weighted by atomic mass is 16.5. The molecule has 0 bridgehead atoms. The van der Waals surface area contributed by atoms with E-state index in [-0.39, 0.29) is 6.10 Å². The van der Waals surface area contributed by atoms with Gasteiger partial charge >= 0.3 is 0 Å². The van der Waals surface area contributed by atoms with Crippen LogP contribution < -0.4 is 4.74 Å². The Kier molecular flexibility index (Phi) is 4.42. The summed E-state index contributed by atoms with van der Waals surface area (Å²) in [6.45, 7) is 5.60. The van der Waals surface area contributed by atoms with Gasteiger partial charge in [0.05, 0.1) is 37.4 Å². The average molecular weight is 337 g/mol. The van der Waals surface area contributed by atoms with Gasteiger partial charge in [-0.2, -0.15) is 0 Å². The fraction of sp³-hybridized carbons (Fsp3) is 0.350. The van der Waals surface area contributed by atoms with Crippen molar-refractivity contribution in [1.82, 2.24) is 14.5 Å². The van der Waals surface area contributed by atoms with Crippen LogP contribution in [0.5, 0.6) is 5.75 Å². The SMILES string of the molecule is COc1ccc(-n2c(CN3CCOC(C)C3)nc3ccccc32)cc1. The van der Waals surface area contributed by atoms with E-state index in [0.29, 0.717) is 0 Å². The number of rotatable bonds is 4. The van der Waals surface area contributed by atoms with Crippen molar-refractivity contribution in [3.8, 4) is 11.4 Å². The molecule has 1 aliphatic rings. The Bertz CT molecular complexity index is 857. The van der Waals surface area contributed by atoms with Gasteiger partial charge in [-0.25, -0.2) is 4.98 Å². The van der Waals surface area contributed by atoms with Crippen molar-refractivity contribution in [1.29, 1.82) is 0 Å². The van der Waals surface area contributed by atoms with E-state index in [1.54, 1.807) is 7.11 Å². The van der Waals surface area contributed by atoms with Gasteiger partial charge in [-0.15, -0.1) is 0 Å². The van der Waals surface area contributed by atoms with Crippen molar-refractivity contribution in [3.05, 3.63) is 54.4 Å². The number of fused-ring (bicyclic) bond motifs is 1. The molecule has 0 aliphatic carbocycles. The maximum atomic E-state index is 5.66. The van der Waals surface area contributed by atoms with E-state index in [2.05, 4.69) is 46.7 Å². The molecule has 5 heteroatoms. The Balaban J connectivity index is 1.74. The molecular formula is C20H23N3O2. The van der Waals surface area contributed by atoms with E-state index in [4.69, 9.17) is 14.5 Å². The second-order valence-electron chi connectivity index (χ2n) is 6.47. The molecule has 0 N–H and O–H groups in total. The summed E-state index contributed by atoms with van der Waals surface area (Å²) in [6.07, 6.45) is 0.271. The van der Waals surface area contributed by atoms with Crippen molar-refractivity contribution in [2.45, 2.75) is 19.6 Å². The molecule has 1 aliphatic heterocycles. The van der Waals surface area contributed by atoms with Crippen LogP contribution in [0.3, 0.4) is 0 Å². The molecule has 0 amide bonds. The van der Waals surface area contributed by atoms with E-state index in [9.17, 15) is 0 Å². The maximum absolute atomic E-state index is 5.66. The quantitative estimate of drug-likeness (QED) is 0.733. The van der Waals surface area contributed by atoms with Crippen LogP contribution in [0.15, 0.2) is 48.5 Å². The molecule has 25 heavy (non-hydrogen) atoms. The number of morpholine rings is 1. The molecule has 1 fully saturated rings. The van der Waals surface area contributed by atoms with Crippen molar-refractivity contribution in [2.24, 2.45) is 0 Å². The first-order valence-corrected chi connectivity index (χ1v) is 8.69. The Morgan fingerprint density at radius 3 is 2.72 bits per heavy atom. The van der Waals surface area contributed by atoms with Gasteiger partial charge in [0.2, 0.25) is 0 Å². The lowest BCUT2D eigenvalue weighted by molar-refractivity contribution is -0.0220. The van der Waals surface area contributed by atoms with Crippen molar-refractivity contribution in [3.63, 3.8) is 0 Å². The molecule has 1 atom stereocenters. The van der Waals surface area contributed by atoms with Gasteiger partial charge in [0.1, 0.15) is 11.6 Å². The number of ether oxygens (including phenoxy) is 2. The first-order valence-electron chi connectivity index (χ1n) is 8.69. The van der Waals surface area contributed by atoms with Crippen LogP contribution in [0, 0.1) is 0 Å². The smallest absolute Gasteiger partial charge is 0.128 e. The van der Waals surface area contributed by atoms with Crippen LogP contribution in [-0.2, 0) is 11.3 Å². The molecule has 3 aromatic rings. The van der Waals surface area contributed by atoms with Crippen molar-refractivity contribution < 1.29 is 9.47 Å². The van der Waals surface area contributed by atoms with Crippen LogP contribution >= 0.6 is 0 Å². The molecule has 2 heterocycles. The second-order valence-corrected chi connectivity index (χ2v) is 6.47. The number of hydrogen-bond donors (Lipinski definition) is 0. The molecule has 1 unspecified atom stereocenters. The molecule has 5 nitrogen and oxygen atoms in total. The third kappa shape index (κ3) is 3.25. The average Bonchev–Trinajstić information content (AvgIpc) is 2.99. The van der Waals surface area contributed by atoms with Crippen molar-refractivity contribution in [2.75, 3.05) is 26.8 Å². The number of benzene rings is 2. The summed E-state index contributed by atoms with van der Waals surface area (Å²) in [5, 5.41) is 0. The fourth-order valence-electron chi connectivity index (χ4n) is 3.44. The zero-order valence-electron chi connectivity index (χ0n) is 14.7. The van der Waals surface area contributed by atoms with E-state index < -0.39 is 0 Å². The first kappa shape index (κ1) is 16.1. The van der Waals surface area contributed by atoms with E-state index >= 15 is 0 Å². The van der Waals surface area contributed by atoms with Gasteiger partial charge in [-0.1, -0.05) is 12.1 Å². The number of imidazole rings is 1. The fourth-order valence-corrected chi connectivity index (χ4v) is 3.44. The van der Waals surface area contributed by atoms with Crippen molar-refractivity contribution >= 4 is 11.0 Å². The van der Waals surface area contributed by atoms with Gasteiger partial charge < -0.3 is 9.47 Å². The lowest BCUT2D eigenvalue weighted by Gasteiger charge is -2.30. The molecule has 2 aromatic carbocycles. The lowest BCUT2D eigenvalue weighted by Crippen LogP contribution is -2.40. The Labute approximate surface area is 147 Å². The third-order valence-corrected chi connectivity index (χ3v) is 4.65. The summed E-state index contributed by atoms with van der Waals surface area (Å²) in [5.41, 5.74) is 3.25. The molecule has 1 saturated heterocycles. The normalized spacial score (nSPS) is 18.6. The van der Waals surface area contributed by atoms with Crippen LogP contribution in [0.25, 0.3) is 16.7 Å².